The SMILES string of the molecule is CCCCC(=O)N(CC(=O)N1CCc2sccc2C1c1ccccc1)C(C)C. The minimum Gasteiger partial charge on any atom is -0.331 e. The van der Waals surface area contributed by atoms with Crippen LogP contribution in [0.15, 0.2) is 41.8 Å². The van der Waals surface area contributed by atoms with Crippen LogP contribution in [0.25, 0.3) is 0 Å². The number of unbranched alkanes of at least 4 members (excludes halogenated alkanes) is 1. The van der Waals surface area contributed by atoms with Gasteiger partial charge in [-0.25, -0.2) is 0 Å². The number of amides is 2. The topological polar surface area (TPSA) is 40.6 Å². The molecule has 0 saturated carbocycles. The molecule has 150 valence electrons. The van der Waals surface area contributed by atoms with Crippen LogP contribution in [0.4, 0.5) is 0 Å². The molecule has 1 aliphatic rings. The number of fused-ring (bicyclic) bond motifs is 1. The van der Waals surface area contributed by atoms with Gasteiger partial charge in [0.25, 0.3) is 0 Å². The van der Waals surface area contributed by atoms with E-state index in [-0.39, 0.29) is 30.4 Å². The highest BCUT2D eigenvalue weighted by molar-refractivity contribution is 7.10. The second-order valence-corrected chi connectivity index (χ2v) is 8.67. The van der Waals surface area contributed by atoms with Crippen molar-refractivity contribution in [1.29, 1.82) is 0 Å². The van der Waals surface area contributed by atoms with Crippen LogP contribution < -0.4 is 0 Å². The molecule has 5 heteroatoms. The minimum atomic E-state index is -0.0662. The van der Waals surface area contributed by atoms with E-state index in [9.17, 15) is 9.59 Å². The highest BCUT2D eigenvalue weighted by Crippen LogP contribution is 2.37. The van der Waals surface area contributed by atoms with Crippen LogP contribution >= 0.6 is 11.3 Å². The van der Waals surface area contributed by atoms with E-state index in [4.69, 9.17) is 0 Å². The average molecular weight is 399 g/mol. The summed E-state index contributed by atoms with van der Waals surface area (Å²) in [6, 6.07) is 12.3. The predicted octanol–water partition coefficient (Wildman–Crippen LogP) is 4.65. The first-order chi connectivity index (χ1) is 13.5. The Morgan fingerprint density at radius 2 is 1.96 bits per heavy atom. The van der Waals surface area contributed by atoms with Crippen molar-refractivity contribution in [3.05, 3.63) is 57.8 Å². The monoisotopic (exact) mass is 398 g/mol. The van der Waals surface area contributed by atoms with Crippen molar-refractivity contribution < 1.29 is 9.59 Å². The average Bonchev–Trinajstić information content (AvgIpc) is 3.18. The zero-order valence-corrected chi connectivity index (χ0v) is 17.9. The third kappa shape index (κ3) is 4.46. The van der Waals surface area contributed by atoms with E-state index in [0.717, 1.165) is 24.8 Å². The second kappa shape index (κ2) is 9.37. The fraction of sp³-hybridized carbons (Fsp3) is 0.478. The van der Waals surface area contributed by atoms with Crippen LogP contribution in [0.2, 0.25) is 0 Å². The first kappa shape index (κ1) is 20.6. The fourth-order valence-corrected chi connectivity index (χ4v) is 4.75. The zero-order chi connectivity index (χ0) is 20.1. The molecule has 28 heavy (non-hydrogen) atoms. The maximum Gasteiger partial charge on any atom is 0.243 e. The van der Waals surface area contributed by atoms with E-state index >= 15 is 0 Å². The quantitative estimate of drug-likeness (QED) is 0.681. The number of carbonyl (C=O) groups is 2. The molecule has 0 spiro atoms. The summed E-state index contributed by atoms with van der Waals surface area (Å²) in [4.78, 5) is 31.0. The normalized spacial score (nSPS) is 16.1. The predicted molar refractivity (Wildman–Crippen MR) is 114 cm³/mol. The van der Waals surface area contributed by atoms with Gasteiger partial charge in [-0.3, -0.25) is 9.59 Å². The summed E-state index contributed by atoms with van der Waals surface area (Å²) in [6.07, 6.45) is 3.24. The molecule has 0 radical (unpaired) electrons. The van der Waals surface area contributed by atoms with Crippen molar-refractivity contribution in [3.8, 4) is 0 Å². The summed E-state index contributed by atoms with van der Waals surface area (Å²) in [5.74, 6) is 0.110. The standard InChI is InChI=1S/C23H30N2O2S/c1-4-5-11-21(26)25(17(2)3)16-22(27)24-14-12-20-19(13-15-28-20)23(24)18-9-7-6-8-10-18/h6-10,13,15,17,23H,4-5,11-12,14,16H2,1-3H3. The number of benzene rings is 1. The summed E-state index contributed by atoms with van der Waals surface area (Å²) < 4.78 is 0. The third-order valence-electron chi connectivity index (χ3n) is 5.40. The van der Waals surface area contributed by atoms with Crippen LogP contribution in [0.3, 0.4) is 0 Å². The summed E-state index contributed by atoms with van der Waals surface area (Å²) >= 11 is 1.77. The van der Waals surface area contributed by atoms with E-state index in [0.29, 0.717) is 13.0 Å². The Labute approximate surface area is 172 Å². The molecule has 4 nitrogen and oxygen atoms in total. The van der Waals surface area contributed by atoms with Crippen molar-refractivity contribution in [2.75, 3.05) is 13.1 Å². The highest BCUT2D eigenvalue weighted by Gasteiger charge is 2.34. The van der Waals surface area contributed by atoms with Crippen LogP contribution in [0.5, 0.6) is 0 Å². The van der Waals surface area contributed by atoms with E-state index in [1.54, 1.807) is 16.2 Å². The number of thiophene rings is 1. The number of hydrogen-bond donors (Lipinski definition) is 0. The van der Waals surface area contributed by atoms with Gasteiger partial charge in [0.2, 0.25) is 11.8 Å². The minimum absolute atomic E-state index is 0.0185. The van der Waals surface area contributed by atoms with Gasteiger partial charge in [0.1, 0.15) is 6.54 Å². The Morgan fingerprint density at radius 1 is 1.21 bits per heavy atom. The van der Waals surface area contributed by atoms with Crippen LogP contribution in [0, 0.1) is 0 Å². The van der Waals surface area contributed by atoms with Crippen molar-refractivity contribution in [2.45, 2.75) is 58.5 Å². The lowest BCUT2D eigenvalue weighted by Crippen LogP contribution is -2.48. The van der Waals surface area contributed by atoms with E-state index in [1.807, 2.05) is 36.9 Å². The van der Waals surface area contributed by atoms with Gasteiger partial charge in [-0.2, -0.15) is 0 Å². The van der Waals surface area contributed by atoms with Crippen molar-refractivity contribution in [2.24, 2.45) is 0 Å². The first-order valence-corrected chi connectivity index (χ1v) is 11.1. The van der Waals surface area contributed by atoms with Gasteiger partial charge in [0.15, 0.2) is 0 Å². The maximum atomic E-state index is 13.3. The Morgan fingerprint density at radius 3 is 2.64 bits per heavy atom. The zero-order valence-electron chi connectivity index (χ0n) is 17.1. The Balaban J connectivity index is 1.84. The Kier molecular flexibility index (Phi) is 6.89. The van der Waals surface area contributed by atoms with Crippen molar-refractivity contribution in [1.82, 2.24) is 9.80 Å². The number of carbonyl (C=O) groups excluding carboxylic acids is 2. The molecule has 2 aromatic rings. The summed E-state index contributed by atoms with van der Waals surface area (Å²) in [5.41, 5.74) is 2.35. The molecule has 2 amide bonds. The van der Waals surface area contributed by atoms with Crippen molar-refractivity contribution in [3.63, 3.8) is 0 Å². The molecule has 1 aromatic carbocycles. The van der Waals surface area contributed by atoms with Gasteiger partial charge >= 0.3 is 0 Å². The van der Waals surface area contributed by atoms with Crippen LogP contribution in [-0.2, 0) is 16.0 Å². The molecule has 2 heterocycles. The molecule has 0 bridgehead atoms. The smallest absolute Gasteiger partial charge is 0.243 e. The van der Waals surface area contributed by atoms with Crippen LogP contribution in [0.1, 0.15) is 62.1 Å². The molecule has 0 aliphatic carbocycles. The third-order valence-corrected chi connectivity index (χ3v) is 6.39. The molecule has 1 aliphatic heterocycles. The lowest BCUT2D eigenvalue weighted by Gasteiger charge is -2.38. The van der Waals surface area contributed by atoms with Crippen LogP contribution in [-0.4, -0.2) is 40.7 Å². The molecular formula is C23H30N2O2S. The first-order valence-electron chi connectivity index (χ1n) is 10.2. The lowest BCUT2D eigenvalue weighted by molar-refractivity contribution is -0.143. The Bertz CT molecular complexity index is 800. The van der Waals surface area contributed by atoms with Gasteiger partial charge in [0.05, 0.1) is 6.04 Å². The largest absolute Gasteiger partial charge is 0.331 e. The summed E-state index contributed by atoms with van der Waals surface area (Å²) in [6.45, 7) is 6.90. The van der Waals surface area contributed by atoms with E-state index < -0.39 is 0 Å². The van der Waals surface area contributed by atoms with E-state index in [2.05, 4.69) is 30.5 Å². The Hall–Kier alpha value is -2.14. The lowest BCUT2D eigenvalue weighted by atomic mass is 9.93. The second-order valence-electron chi connectivity index (χ2n) is 7.67. The molecule has 3 rings (SSSR count). The number of nitrogens with zero attached hydrogens (tertiary/aromatic N) is 2. The number of rotatable bonds is 7. The maximum absolute atomic E-state index is 13.3. The van der Waals surface area contributed by atoms with E-state index in [1.165, 1.54) is 10.4 Å². The fourth-order valence-electron chi connectivity index (χ4n) is 3.85. The molecular weight excluding hydrogens is 368 g/mol. The highest BCUT2D eigenvalue weighted by atomic mass is 32.1. The molecule has 1 unspecified atom stereocenters. The summed E-state index contributed by atoms with van der Waals surface area (Å²) in [5, 5.41) is 2.11. The molecule has 0 saturated heterocycles. The van der Waals surface area contributed by atoms with Crippen molar-refractivity contribution >= 4 is 23.2 Å². The van der Waals surface area contributed by atoms with Gasteiger partial charge in [-0.1, -0.05) is 43.7 Å². The van der Waals surface area contributed by atoms with Gasteiger partial charge in [0, 0.05) is 23.9 Å². The van der Waals surface area contributed by atoms with Gasteiger partial charge < -0.3 is 9.80 Å². The molecule has 0 fully saturated rings. The van der Waals surface area contributed by atoms with Gasteiger partial charge in [-0.05, 0) is 49.3 Å². The summed E-state index contributed by atoms with van der Waals surface area (Å²) in [7, 11) is 0. The molecule has 0 N–H and O–H groups in total. The van der Waals surface area contributed by atoms with Gasteiger partial charge in [-0.15, -0.1) is 11.3 Å². The molecule has 1 aromatic heterocycles. The molecule has 1 atom stereocenters. The number of hydrogen-bond acceptors (Lipinski definition) is 3.